The average Bonchev–Trinajstić information content (AvgIpc) is 2.62. The number of nitrogens with zero attached hydrogens (tertiary/aromatic N) is 1. The molecule has 14 heavy (non-hydrogen) atoms. The van der Waals surface area contributed by atoms with Crippen molar-refractivity contribution in [2.75, 3.05) is 13.0 Å². The maximum Gasteiger partial charge on any atom is 0.0954 e. The fourth-order valence-corrected chi connectivity index (χ4v) is 2.21. The monoisotopic (exact) mass is 233 g/mol. The first-order valence-corrected chi connectivity index (χ1v) is 6.19. The molecular formula is C10H16ClNOS. The van der Waals surface area contributed by atoms with Crippen LogP contribution in [-0.4, -0.2) is 24.1 Å². The van der Waals surface area contributed by atoms with Crippen LogP contribution in [0.2, 0.25) is 0 Å². The van der Waals surface area contributed by atoms with E-state index in [1.807, 2.05) is 0 Å². The van der Waals surface area contributed by atoms with E-state index in [9.17, 15) is 0 Å². The van der Waals surface area contributed by atoms with Crippen LogP contribution in [0.25, 0.3) is 0 Å². The predicted molar refractivity (Wildman–Crippen MR) is 61.3 cm³/mol. The molecule has 0 spiro atoms. The van der Waals surface area contributed by atoms with E-state index in [1.165, 1.54) is 0 Å². The molecule has 0 saturated carbocycles. The summed E-state index contributed by atoms with van der Waals surface area (Å²) in [7, 11) is 1.73. The number of rotatable bonds is 6. The highest BCUT2D eigenvalue weighted by Gasteiger charge is 2.06. The summed E-state index contributed by atoms with van der Waals surface area (Å²) in [6, 6.07) is 0. The van der Waals surface area contributed by atoms with E-state index in [0.29, 0.717) is 5.88 Å². The number of hydrogen-bond acceptors (Lipinski definition) is 3. The summed E-state index contributed by atoms with van der Waals surface area (Å²) in [5, 5.41) is 3.27. The Hall–Kier alpha value is -0.120. The lowest BCUT2D eigenvalue weighted by Crippen LogP contribution is -2.08. The summed E-state index contributed by atoms with van der Waals surface area (Å²) < 4.78 is 5.19. The summed E-state index contributed by atoms with van der Waals surface area (Å²) in [5.41, 5.74) is 1.16. The SMILES string of the molecule is COC(C)Cc1nc(CCCCl)cs1. The Labute approximate surface area is 94.3 Å². The van der Waals surface area contributed by atoms with Crippen molar-refractivity contribution in [2.24, 2.45) is 0 Å². The molecule has 0 fully saturated rings. The highest BCUT2D eigenvalue weighted by atomic mass is 35.5. The minimum absolute atomic E-state index is 0.252. The Morgan fingerprint density at radius 3 is 3.07 bits per heavy atom. The van der Waals surface area contributed by atoms with Gasteiger partial charge in [-0.05, 0) is 19.8 Å². The van der Waals surface area contributed by atoms with Crippen molar-refractivity contribution in [2.45, 2.75) is 32.3 Å². The van der Waals surface area contributed by atoms with E-state index >= 15 is 0 Å². The van der Waals surface area contributed by atoms with E-state index in [1.54, 1.807) is 18.4 Å². The summed E-state index contributed by atoms with van der Waals surface area (Å²) in [4.78, 5) is 4.52. The lowest BCUT2D eigenvalue weighted by Gasteiger charge is -2.05. The molecule has 0 aliphatic carbocycles. The third-order valence-corrected chi connectivity index (χ3v) is 3.22. The molecule has 1 unspecified atom stereocenters. The number of halogens is 1. The van der Waals surface area contributed by atoms with Gasteiger partial charge in [0, 0.05) is 24.8 Å². The van der Waals surface area contributed by atoms with Crippen molar-refractivity contribution in [3.8, 4) is 0 Å². The van der Waals surface area contributed by atoms with Gasteiger partial charge in [-0.2, -0.15) is 0 Å². The minimum atomic E-state index is 0.252. The maximum absolute atomic E-state index is 5.62. The van der Waals surface area contributed by atoms with Crippen molar-refractivity contribution in [3.05, 3.63) is 16.1 Å². The fourth-order valence-electron chi connectivity index (χ4n) is 1.13. The molecule has 2 nitrogen and oxygen atoms in total. The lowest BCUT2D eigenvalue weighted by molar-refractivity contribution is 0.118. The Morgan fingerprint density at radius 1 is 1.64 bits per heavy atom. The largest absolute Gasteiger partial charge is 0.381 e. The Morgan fingerprint density at radius 2 is 2.43 bits per heavy atom. The van der Waals surface area contributed by atoms with Gasteiger partial charge in [0.05, 0.1) is 16.8 Å². The molecule has 0 amide bonds. The number of thiazole rings is 1. The van der Waals surface area contributed by atoms with Gasteiger partial charge in [0.25, 0.3) is 0 Å². The van der Waals surface area contributed by atoms with Gasteiger partial charge in [-0.25, -0.2) is 4.98 Å². The molecule has 1 aromatic heterocycles. The lowest BCUT2D eigenvalue weighted by atomic mass is 10.2. The van der Waals surface area contributed by atoms with Crippen molar-refractivity contribution in [1.29, 1.82) is 0 Å². The van der Waals surface area contributed by atoms with Gasteiger partial charge in [0.15, 0.2) is 0 Å². The third kappa shape index (κ3) is 3.95. The molecule has 4 heteroatoms. The highest BCUT2D eigenvalue weighted by Crippen LogP contribution is 2.14. The first kappa shape index (κ1) is 12.0. The zero-order valence-corrected chi connectivity index (χ0v) is 10.2. The number of alkyl halides is 1. The number of aryl methyl sites for hydroxylation is 1. The van der Waals surface area contributed by atoms with Gasteiger partial charge in [-0.1, -0.05) is 0 Å². The Balaban J connectivity index is 2.42. The molecule has 0 aliphatic heterocycles. The minimum Gasteiger partial charge on any atom is -0.381 e. The smallest absolute Gasteiger partial charge is 0.0954 e. The molecule has 0 radical (unpaired) electrons. The standard InChI is InChI=1S/C10H16ClNOS/c1-8(13-2)6-10-12-9(7-14-10)4-3-5-11/h7-8H,3-6H2,1-2H3. The summed E-state index contributed by atoms with van der Waals surface area (Å²) in [6.45, 7) is 2.06. The van der Waals surface area contributed by atoms with E-state index in [2.05, 4.69) is 17.3 Å². The van der Waals surface area contributed by atoms with Crippen LogP contribution >= 0.6 is 22.9 Å². The molecule has 0 bridgehead atoms. The third-order valence-electron chi connectivity index (χ3n) is 2.03. The second-order valence-corrected chi connectivity index (χ2v) is 4.60. The first-order chi connectivity index (χ1) is 6.76. The molecular weight excluding hydrogens is 218 g/mol. The second-order valence-electron chi connectivity index (χ2n) is 3.28. The normalized spacial score (nSPS) is 13.1. The van der Waals surface area contributed by atoms with Crippen molar-refractivity contribution >= 4 is 22.9 Å². The van der Waals surface area contributed by atoms with Crippen LogP contribution in [0.4, 0.5) is 0 Å². The summed E-state index contributed by atoms with van der Waals surface area (Å²) in [5.74, 6) is 0.710. The molecule has 1 heterocycles. The van der Waals surface area contributed by atoms with Gasteiger partial charge in [-0.3, -0.25) is 0 Å². The molecule has 80 valence electrons. The van der Waals surface area contributed by atoms with E-state index in [-0.39, 0.29) is 6.10 Å². The van der Waals surface area contributed by atoms with Crippen LogP contribution in [0.1, 0.15) is 24.0 Å². The summed E-state index contributed by atoms with van der Waals surface area (Å²) >= 11 is 7.33. The van der Waals surface area contributed by atoms with Crippen LogP contribution in [0.5, 0.6) is 0 Å². The molecule has 1 aromatic rings. The van der Waals surface area contributed by atoms with Crippen molar-refractivity contribution in [1.82, 2.24) is 4.98 Å². The van der Waals surface area contributed by atoms with Gasteiger partial charge < -0.3 is 4.74 Å². The predicted octanol–water partition coefficient (Wildman–Crippen LogP) is 2.89. The highest BCUT2D eigenvalue weighted by molar-refractivity contribution is 7.09. The average molecular weight is 234 g/mol. The second kappa shape index (κ2) is 6.38. The zero-order chi connectivity index (χ0) is 10.4. The van der Waals surface area contributed by atoms with Crippen LogP contribution in [0, 0.1) is 0 Å². The van der Waals surface area contributed by atoms with Crippen molar-refractivity contribution in [3.63, 3.8) is 0 Å². The quantitative estimate of drug-likeness (QED) is 0.705. The van der Waals surface area contributed by atoms with Crippen LogP contribution in [0.15, 0.2) is 5.38 Å². The number of hydrogen-bond donors (Lipinski definition) is 0. The first-order valence-electron chi connectivity index (χ1n) is 4.78. The van der Waals surface area contributed by atoms with Crippen LogP contribution in [0.3, 0.4) is 0 Å². The number of methoxy groups -OCH3 is 1. The Bertz CT molecular complexity index is 264. The van der Waals surface area contributed by atoms with Gasteiger partial charge in [0.1, 0.15) is 0 Å². The van der Waals surface area contributed by atoms with Gasteiger partial charge >= 0.3 is 0 Å². The summed E-state index contributed by atoms with van der Waals surface area (Å²) in [6.07, 6.45) is 3.15. The molecule has 0 N–H and O–H groups in total. The zero-order valence-electron chi connectivity index (χ0n) is 8.62. The molecule has 1 atom stereocenters. The fraction of sp³-hybridized carbons (Fsp3) is 0.700. The van der Waals surface area contributed by atoms with Crippen molar-refractivity contribution < 1.29 is 4.74 Å². The van der Waals surface area contributed by atoms with Crippen LogP contribution < -0.4 is 0 Å². The van der Waals surface area contributed by atoms with Crippen LogP contribution in [-0.2, 0) is 17.6 Å². The van der Waals surface area contributed by atoms with Gasteiger partial charge in [0.2, 0.25) is 0 Å². The maximum atomic E-state index is 5.62. The Kier molecular flexibility index (Phi) is 5.45. The molecule has 0 aromatic carbocycles. The molecule has 0 aliphatic rings. The van der Waals surface area contributed by atoms with E-state index in [0.717, 1.165) is 30.0 Å². The van der Waals surface area contributed by atoms with E-state index in [4.69, 9.17) is 16.3 Å². The molecule has 1 rings (SSSR count). The molecule has 0 saturated heterocycles. The van der Waals surface area contributed by atoms with E-state index < -0.39 is 0 Å². The topological polar surface area (TPSA) is 22.1 Å². The van der Waals surface area contributed by atoms with Gasteiger partial charge in [-0.15, -0.1) is 22.9 Å². The number of ether oxygens (including phenoxy) is 1. The number of aromatic nitrogens is 1.